The van der Waals surface area contributed by atoms with Crippen molar-refractivity contribution in [2.24, 2.45) is 23.8 Å². The van der Waals surface area contributed by atoms with Crippen LogP contribution in [0.3, 0.4) is 0 Å². The van der Waals surface area contributed by atoms with E-state index in [0.717, 1.165) is 13.8 Å². The van der Waals surface area contributed by atoms with Crippen molar-refractivity contribution < 1.29 is 81.9 Å². The van der Waals surface area contributed by atoms with Crippen LogP contribution in [-0.4, -0.2) is 106 Å². The van der Waals surface area contributed by atoms with Crippen molar-refractivity contribution in [2.45, 2.75) is 115 Å². The molecule has 4 aliphatic rings. The second kappa shape index (κ2) is 21.1. The molecule has 3 aromatic carbocycles. The highest BCUT2D eigenvalue weighted by Crippen LogP contribution is 2.64. The highest BCUT2D eigenvalue weighted by atomic mass is 16.6. The minimum Gasteiger partial charge on any atom is -0.550 e. The Bertz CT molecular complexity index is 2780. The number of fused-ring (bicyclic) bond motifs is 5. The molecule has 386 valence electrons. The van der Waals surface area contributed by atoms with Gasteiger partial charge in [-0.2, -0.15) is 4.57 Å². The Morgan fingerprint density at radius 1 is 0.808 bits per heavy atom. The van der Waals surface area contributed by atoms with Crippen molar-refractivity contribution in [3.8, 4) is 5.88 Å². The summed E-state index contributed by atoms with van der Waals surface area (Å²) >= 11 is 0. The molecule has 0 spiro atoms. The summed E-state index contributed by atoms with van der Waals surface area (Å²) in [7, 11) is 1.71. The lowest BCUT2D eigenvalue weighted by Crippen LogP contribution is -2.82. The number of pyridine rings is 1. The zero-order valence-corrected chi connectivity index (χ0v) is 41.8. The molecule has 1 saturated heterocycles. The Morgan fingerprint density at radius 3 is 1.93 bits per heavy atom. The quantitative estimate of drug-likeness (QED) is 0.0796. The molecule has 4 aromatic rings. The van der Waals surface area contributed by atoms with Gasteiger partial charge in [-0.05, 0) is 67.8 Å². The van der Waals surface area contributed by atoms with Crippen LogP contribution in [0.5, 0.6) is 5.88 Å². The fraction of sp³-hybridized carbons (Fsp3) is 0.418. The maximum absolute atomic E-state index is 15.7. The number of nitrogens with one attached hydrogen (secondary N) is 1. The average molecular weight is 1010 g/mol. The minimum absolute atomic E-state index is 0.0271. The Balaban J connectivity index is 0.00000188. The summed E-state index contributed by atoms with van der Waals surface area (Å²) in [5.41, 5.74) is -6.80. The molecular formula is C55H60N2O16. The van der Waals surface area contributed by atoms with Gasteiger partial charge in [0.1, 0.15) is 37.0 Å². The normalized spacial score (nSPS) is 28.4. The van der Waals surface area contributed by atoms with Gasteiger partial charge in [0.15, 0.2) is 23.7 Å². The van der Waals surface area contributed by atoms with Gasteiger partial charge in [0.05, 0.1) is 35.7 Å². The van der Waals surface area contributed by atoms with E-state index in [1.54, 1.807) is 136 Å². The van der Waals surface area contributed by atoms with Gasteiger partial charge in [-0.3, -0.25) is 19.2 Å². The Kier molecular flexibility index (Phi) is 15.4. The molecule has 0 radical (unpaired) electrons. The highest BCUT2D eigenvalue weighted by molar-refractivity contribution is 5.96. The number of nitrogens with zero attached hydrogens (tertiary/aromatic N) is 1. The molecule has 73 heavy (non-hydrogen) atoms. The summed E-state index contributed by atoms with van der Waals surface area (Å²) in [6.07, 6.45) is -8.35. The number of amides is 1. The Hall–Kier alpha value is -7.28. The molecule has 1 aromatic heterocycles. The standard InChI is InChI=1S/C53H56N2O14.C2H4O2/c1-30-36(66-49(62)43(67-39-25-17-18-26-55(39)7)41(33-19-11-8-12-20-33)54-47(60)34-21-13-9-14-22-34)28-53(63)46(68-48(61)35-23-15-10-16-24-35)44-51(6,37(58)27-38-52(44,29-64-38)69-32(3)57)45(59)42(65-31(2)56)40(30)50(53,4)5;1-2(3)4/h8-26,36-38,41-44,46,58,63H,27-29H2,1-7H3;1H3,(H,3,4)/t36-,37-,38+,41-,42+,43+,44-,46-,51+,52-,53+;/m0./s1. The number of carbonyl (C=O) groups is 7. The monoisotopic (exact) mass is 1000 g/mol. The maximum atomic E-state index is 15.7. The first-order valence-electron chi connectivity index (χ1n) is 23.8. The molecule has 0 unspecified atom stereocenters. The van der Waals surface area contributed by atoms with E-state index in [1.807, 2.05) is 0 Å². The number of aryl methyl sites for hydroxylation is 1. The molecule has 8 rings (SSSR count). The zero-order valence-electron chi connectivity index (χ0n) is 41.8. The second-order valence-corrected chi connectivity index (χ2v) is 19.6. The predicted molar refractivity (Wildman–Crippen MR) is 254 cm³/mol. The van der Waals surface area contributed by atoms with Crippen molar-refractivity contribution in [1.29, 1.82) is 0 Å². The number of aromatic nitrogens is 1. The van der Waals surface area contributed by atoms with Crippen molar-refractivity contribution in [2.75, 3.05) is 6.61 Å². The molecule has 2 bridgehead atoms. The number of Topliss-reactive ketones (excluding diaryl/α,β-unsaturated/α-hetero) is 1. The van der Waals surface area contributed by atoms with E-state index in [-0.39, 0.29) is 35.6 Å². The number of hydrogen-bond donors (Lipinski definition) is 3. The summed E-state index contributed by atoms with van der Waals surface area (Å²) in [4.78, 5) is 94.8. The van der Waals surface area contributed by atoms with Gasteiger partial charge in [-0.15, -0.1) is 0 Å². The van der Waals surface area contributed by atoms with Gasteiger partial charge in [-0.1, -0.05) is 80.6 Å². The lowest BCUT2D eigenvalue weighted by Gasteiger charge is -2.67. The van der Waals surface area contributed by atoms with Crippen LogP contribution in [0.25, 0.3) is 0 Å². The van der Waals surface area contributed by atoms with Crippen LogP contribution >= 0.6 is 0 Å². The van der Waals surface area contributed by atoms with E-state index in [0.29, 0.717) is 11.1 Å². The van der Waals surface area contributed by atoms with Gasteiger partial charge in [0.25, 0.3) is 5.91 Å². The molecule has 1 amide bonds. The van der Waals surface area contributed by atoms with Gasteiger partial charge in [-0.25, -0.2) is 9.59 Å². The molecule has 2 heterocycles. The minimum atomic E-state index is -2.39. The third-order valence-corrected chi connectivity index (χ3v) is 14.7. The zero-order chi connectivity index (χ0) is 53.2. The first-order chi connectivity index (χ1) is 34.5. The fourth-order valence-corrected chi connectivity index (χ4v) is 11.0. The Morgan fingerprint density at radius 2 is 1.38 bits per heavy atom. The summed E-state index contributed by atoms with van der Waals surface area (Å²) < 4.78 is 39.3. The molecule has 11 atom stereocenters. The van der Waals surface area contributed by atoms with Crippen LogP contribution in [0, 0.1) is 16.7 Å². The number of aliphatic hydroxyl groups is 2. The number of aliphatic carboxylic acids is 1. The second-order valence-electron chi connectivity index (χ2n) is 19.6. The van der Waals surface area contributed by atoms with Crippen LogP contribution in [0.4, 0.5) is 0 Å². The van der Waals surface area contributed by atoms with Gasteiger partial charge >= 0.3 is 29.8 Å². The SMILES string of the molecule is CC(=O)O[C@H]1C(=O)[C@@]2(C)[C@H]([C@H](OC(=O)c3ccccc3)[C@]3(O)C[C@H](OC(=O)[C@H](Oc4cccc[n+]4C)[C@@H](NC(=O)c4ccccc4)c4ccccc4)C(C)=C1C3(C)C)[C@]1(OC(C)=O)CO[C@@H]1C[C@@H]2O.CC(=O)[O-]. The van der Waals surface area contributed by atoms with Crippen LogP contribution in [0.2, 0.25) is 0 Å². The number of rotatable bonds is 12. The molecule has 3 fully saturated rings. The van der Waals surface area contributed by atoms with Crippen LogP contribution < -0.4 is 19.7 Å². The number of carboxylic acid groups (broad SMARTS) is 1. The van der Waals surface area contributed by atoms with Crippen LogP contribution in [0.15, 0.2) is 127 Å². The molecule has 18 heteroatoms. The lowest BCUT2D eigenvalue weighted by atomic mass is 9.44. The van der Waals surface area contributed by atoms with E-state index >= 15 is 9.59 Å². The van der Waals surface area contributed by atoms with Gasteiger partial charge in [0, 0.05) is 49.7 Å². The maximum Gasteiger partial charge on any atom is 0.368 e. The molecule has 2 saturated carbocycles. The smallest absolute Gasteiger partial charge is 0.368 e. The highest BCUT2D eigenvalue weighted by Gasteiger charge is 2.78. The van der Waals surface area contributed by atoms with Crippen molar-refractivity contribution in [1.82, 2.24) is 5.32 Å². The first-order valence-corrected chi connectivity index (χ1v) is 23.8. The third kappa shape index (κ3) is 10.1. The van der Waals surface area contributed by atoms with Crippen LogP contribution in [0.1, 0.15) is 93.6 Å². The number of ketones is 1. The fourth-order valence-electron chi connectivity index (χ4n) is 11.0. The number of ether oxygens (including phenoxy) is 6. The van der Waals surface area contributed by atoms with E-state index in [4.69, 9.17) is 38.3 Å². The van der Waals surface area contributed by atoms with Gasteiger partial charge in [0.2, 0.25) is 6.10 Å². The third-order valence-electron chi connectivity index (χ3n) is 14.7. The summed E-state index contributed by atoms with van der Waals surface area (Å²) in [6.45, 7) is 9.14. The van der Waals surface area contributed by atoms with Crippen molar-refractivity contribution in [3.05, 3.63) is 143 Å². The number of hydrogen-bond acceptors (Lipinski definition) is 16. The van der Waals surface area contributed by atoms with E-state index < -0.39 is 119 Å². The van der Waals surface area contributed by atoms with Crippen molar-refractivity contribution >= 4 is 41.5 Å². The van der Waals surface area contributed by atoms with E-state index in [9.17, 15) is 29.4 Å². The summed E-state index contributed by atoms with van der Waals surface area (Å²) in [5.74, 6) is -7.38. The van der Waals surface area contributed by atoms with Crippen molar-refractivity contribution in [3.63, 3.8) is 0 Å². The molecule has 1 aliphatic heterocycles. The number of carboxylic acids is 1. The predicted octanol–water partition coefficient (Wildman–Crippen LogP) is 3.40. The Labute approximate surface area is 422 Å². The van der Waals surface area contributed by atoms with Gasteiger partial charge < -0.3 is 53.9 Å². The first kappa shape index (κ1) is 53.5. The van der Waals surface area contributed by atoms with Crippen LogP contribution in [-0.2, 0) is 54.7 Å². The molecule has 18 nitrogen and oxygen atoms in total. The molecular weight excluding hydrogens is 945 g/mol. The summed E-state index contributed by atoms with van der Waals surface area (Å²) in [5, 5.41) is 38.1. The van der Waals surface area contributed by atoms with E-state index in [1.165, 1.54) is 26.0 Å². The number of esters is 4. The topological polar surface area (TPSA) is 254 Å². The lowest BCUT2D eigenvalue weighted by molar-refractivity contribution is -0.677. The average Bonchev–Trinajstić information content (AvgIpc) is 3.34. The molecule has 3 N–H and O–H groups in total. The number of aliphatic hydroxyl groups excluding tert-OH is 1. The molecule has 3 aliphatic carbocycles. The van der Waals surface area contributed by atoms with E-state index in [2.05, 4.69) is 5.32 Å². The number of benzene rings is 3. The number of carbonyl (C=O) groups excluding carboxylic acids is 7. The largest absolute Gasteiger partial charge is 0.550 e. The summed E-state index contributed by atoms with van der Waals surface area (Å²) in [6, 6.07) is 28.9.